The fourth-order valence-corrected chi connectivity index (χ4v) is 3.21. The minimum absolute atomic E-state index is 0.354. The molecule has 4 nitrogen and oxygen atoms in total. The van der Waals surface area contributed by atoms with Crippen molar-refractivity contribution in [1.29, 1.82) is 0 Å². The fraction of sp³-hybridized carbons (Fsp3) is 0.571. The van der Waals surface area contributed by atoms with Crippen molar-refractivity contribution in [2.75, 3.05) is 26.0 Å². The molecule has 106 valence electrons. The van der Waals surface area contributed by atoms with Crippen molar-refractivity contribution in [1.82, 2.24) is 4.31 Å². The quantitative estimate of drug-likeness (QED) is 0.872. The van der Waals surface area contributed by atoms with Crippen molar-refractivity contribution < 1.29 is 8.42 Å². The molecule has 0 atom stereocenters. The smallest absolute Gasteiger partial charge is 0.244 e. The van der Waals surface area contributed by atoms with Gasteiger partial charge in [-0.05, 0) is 36.8 Å². The number of rotatable bonds is 6. The van der Waals surface area contributed by atoms with E-state index in [0.29, 0.717) is 16.0 Å². The number of nitrogens with zero attached hydrogens (tertiary/aromatic N) is 1. The Hall–Kier alpha value is -1.07. The number of sulfonamides is 1. The summed E-state index contributed by atoms with van der Waals surface area (Å²) in [6.45, 7) is 3.04. The van der Waals surface area contributed by atoms with Gasteiger partial charge in [-0.3, -0.25) is 0 Å². The molecule has 0 heterocycles. The lowest BCUT2D eigenvalue weighted by molar-refractivity contribution is 0.515. The molecule has 0 unspecified atom stereocenters. The highest BCUT2D eigenvalue weighted by molar-refractivity contribution is 7.89. The normalized spacial score (nSPS) is 17.5. The van der Waals surface area contributed by atoms with Crippen molar-refractivity contribution in [3.8, 4) is 0 Å². The first-order valence-electron chi connectivity index (χ1n) is 6.67. The van der Waals surface area contributed by atoms with Gasteiger partial charge in [0.05, 0.1) is 5.69 Å². The van der Waals surface area contributed by atoms with E-state index in [4.69, 9.17) is 0 Å². The van der Waals surface area contributed by atoms with Crippen LogP contribution in [-0.2, 0) is 10.0 Å². The molecule has 0 saturated heterocycles. The summed E-state index contributed by atoms with van der Waals surface area (Å²) in [6, 6.07) is 7.11. The number of hydrogen-bond donors (Lipinski definition) is 1. The molecule has 0 bridgehead atoms. The van der Waals surface area contributed by atoms with Crippen LogP contribution in [-0.4, -0.2) is 33.4 Å². The summed E-state index contributed by atoms with van der Waals surface area (Å²) in [5, 5.41) is 3.32. The molecular weight excluding hydrogens is 260 g/mol. The van der Waals surface area contributed by atoms with Crippen LogP contribution in [0, 0.1) is 5.41 Å². The van der Waals surface area contributed by atoms with E-state index in [9.17, 15) is 8.42 Å². The van der Waals surface area contributed by atoms with Gasteiger partial charge in [-0.2, -0.15) is 0 Å². The lowest BCUT2D eigenvalue weighted by Crippen LogP contribution is -2.24. The molecule has 1 aliphatic rings. The third kappa shape index (κ3) is 2.92. The van der Waals surface area contributed by atoms with E-state index in [0.717, 1.165) is 13.0 Å². The molecule has 0 aromatic heterocycles. The van der Waals surface area contributed by atoms with Crippen LogP contribution in [0.4, 0.5) is 5.69 Å². The van der Waals surface area contributed by atoms with Crippen molar-refractivity contribution >= 4 is 15.7 Å². The Bertz CT molecular complexity index is 548. The van der Waals surface area contributed by atoms with Crippen LogP contribution in [0.2, 0.25) is 0 Å². The Kier molecular flexibility index (Phi) is 3.87. The average Bonchev–Trinajstić information content (AvgIpc) is 3.17. The molecule has 1 fully saturated rings. The SMILES string of the molecule is CCC1(CNc2ccccc2S(=O)(=O)N(C)C)CC1. The van der Waals surface area contributed by atoms with E-state index >= 15 is 0 Å². The van der Waals surface area contributed by atoms with Crippen LogP contribution in [0.15, 0.2) is 29.2 Å². The minimum atomic E-state index is -3.39. The second-order valence-corrected chi connectivity index (χ2v) is 7.61. The molecule has 0 spiro atoms. The van der Waals surface area contributed by atoms with Gasteiger partial charge in [0.15, 0.2) is 0 Å². The average molecular weight is 282 g/mol. The van der Waals surface area contributed by atoms with Gasteiger partial charge >= 0.3 is 0 Å². The van der Waals surface area contributed by atoms with Crippen molar-refractivity contribution in [3.05, 3.63) is 24.3 Å². The molecule has 1 aromatic carbocycles. The standard InChI is InChI=1S/C14H22N2O2S/c1-4-14(9-10-14)11-15-12-7-5-6-8-13(12)19(17,18)16(2)3/h5-8,15H,4,9-11H2,1-3H3. The Balaban J connectivity index is 2.22. The van der Waals surface area contributed by atoms with Gasteiger partial charge in [0.1, 0.15) is 4.90 Å². The van der Waals surface area contributed by atoms with Crippen molar-refractivity contribution in [2.45, 2.75) is 31.1 Å². The Morgan fingerprint density at radius 3 is 2.42 bits per heavy atom. The van der Waals surface area contributed by atoms with Gasteiger partial charge in [-0.1, -0.05) is 19.1 Å². The maximum Gasteiger partial charge on any atom is 0.244 e. The van der Waals surface area contributed by atoms with E-state index in [1.54, 1.807) is 26.2 Å². The number of hydrogen-bond acceptors (Lipinski definition) is 3. The van der Waals surface area contributed by atoms with Crippen molar-refractivity contribution in [2.24, 2.45) is 5.41 Å². The third-order valence-corrected chi connectivity index (χ3v) is 5.88. The first-order valence-corrected chi connectivity index (χ1v) is 8.11. The summed E-state index contributed by atoms with van der Waals surface area (Å²) in [6.07, 6.45) is 3.61. The van der Waals surface area contributed by atoms with Crippen LogP contribution >= 0.6 is 0 Å². The van der Waals surface area contributed by atoms with Gasteiger partial charge in [0.2, 0.25) is 10.0 Å². The molecule has 1 aliphatic carbocycles. The molecule has 0 aliphatic heterocycles. The molecule has 1 N–H and O–H groups in total. The first kappa shape index (κ1) is 14.3. The van der Waals surface area contributed by atoms with E-state index < -0.39 is 10.0 Å². The van der Waals surface area contributed by atoms with Gasteiger partial charge in [-0.15, -0.1) is 0 Å². The molecule has 5 heteroatoms. The van der Waals surface area contributed by atoms with Crippen LogP contribution < -0.4 is 5.32 Å². The maximum atomic E-state index is 12.2. The van der Waals surface area contributed by atoms with Crippen LogP contribution in [0.3, 0.4) is 0 Å². The molecule has 1 aromatic rings. The summed E-state index contributed by atoms with van der Waals surface area (Å²) >= 11 is 0. The second-order valence-electron chi connectivity index (χ2n) is 5.49. The van der Waals surface area contributed by atoms with Crippen LogP contribution in [0.1, 0.15) is 26.2 Å². The summed E-state index contributed by atoms with van der Waals surface area (Å²) in [5.74, 6) is 0. The Labute approximate surface area is 115 Å². The van der Waals surface area contributed by atoms with Gasteiger partial charge < -0.3 is 5.32 Å². The lowest BCUT2D eigenvalue weighted by atomic mass is 10.0. The number of para-hydroxylation sites is 1. The lowest BCUT2D eigenvalue weighted by Gasteiger charge is -2.19. The largest absolute Gasteiger partial charge is 0.383 e. The highest BCUT2D eigenvalue weighted by atomic mass is 32.2. The van der Waals surface area contributed by atoms with Gasteiger partial charge in [-0.25, -0.2) is 12.7 Å². The number of benzene rings is 1. The zero-order valence-corrected chi connectivity index (χ0v) is 12.6. The second kappa shape index (κ2) is 5.13. The molecule has 2 rings (SSSR count). The molecular formula is C14H22N2O2S. The minimum Gasteiger partial charge on any atom is -0.383 e. The predicted octanol–water partition coefficient (Wildman–Crippen LogP) is 2.54. The van der Waals surface area contributed by atoms with Crippen LogP contribution in [0.25, 0.3) is 0 Å². The number of nitrogens with one attached hydrogen (secondary N) is 1. The van der Waals surface area contributed by atoms with E-state index in [-0.39, 0.29) is 0 Å². The first-order chi connectivity index (χ1) is 8.91. The van der Waals surface area contributed by atoms with E-state index in [1.165, 1.54) is 17.1 Å². The molecule has 0 radical (unpaired) electrons. The molecule has 1 saturated carbocycles. The zero-order valence-electron chi connectivity index (χ0n) is 11.8. The third-order valence-electron chi connectivity index (χ3n) is 4.01. The molecule has 0 amide bonds. The number of anilines is 1. The fourth-order valence-electron chi connectivity index (χ4n) is 2.15. The summed E-state index contributed by atoms with van der Waals surface area (Å²) < 4.78 is 25.7. The Morgan fingerprint density at radius 1 is 1.26 bits per heavy atom. The van der Waals surface area contributed by atoms with E-state index in [1.807, 2.05) is 12.1 Å². The zero-order chi connectivity index (χ0) is 14.1. The maximum absolute atomic E-state index is 12.2. The predicted molar refractivity (Wildman–Crippen MR) is 77.8 cm³/mol. The highest BCUT2D eigenvalue weighted by Gasteiger charge is 2.40. The highest BCUT2D eigenvalue weighted by Crippen LogP contribution is 2.48. The molecule has 19 heavy (non-hydrogen) atoms. The topological polar surface area (TPSA) is 49.4 Å². The summed E-state index contributed by atoms with van der Waals surface area (Å²) in [4.78, 5) is 0.354. The summed E-state index contributed by atoms with van der Waals surface area (Å²) in [5.41, 5.74) is 1.09. The summed E-state index contributed by atoms with van der Waals surface area (Å²) in [7, 11) is -0.279. The van der Waals surface area contributed by atoms with Gasteiger partial charge in [0, 0.05) is 20.6 Å². The Morgan fingerprint density at radius 2 is 1.89 bits per heavy atom. The van der Waals surface area contributed by atoms with Crippen molar-refractivity contribution in [3.63, 3.8) is 0 Å². The van der Waals surface area contributed by atoms with Crippen LogP contribution in [0.5, 0.6) is 0 Å². The van der Waals surface area contributed by atoms with E-state index in [2.05, 4.69) is 12.2 Å². The van der Waals surface area contributed by atoms with Gasteiger partial charge in [0.25, 0.3) is 0 Å². The monoisotopic (exact) mass is 282 g/mol.